The number of rotatable bonds is 4. The lowest BCUT2D eigenvalue weighted by atomic mass is 9.87. The Morgan fingerprint density at radius 3 is 2.42 bits per heavy atom. The zero-order valence-corrected chi connectivity index (χ0v) is 14.9. The number of carbonyl (C=O) groups is 1. The van der Waals surface area contributed by atoms with Gasteiger partial charge in [-0.2, -0.15) is 0 Å². The fraction of sp³-hybridized carbons (Fsp3) is 0.278. The number of nitrogens with zero attached hydrogens (tertiary/aromatic N) is 1. The van der Waals surface area contributed by atoms with Gasteiger partial charge >= 0.3 is 0 Å². The first kappa shape index (κ1) is 16.9. The highest BCUT2D eigenvalue weighted by Crippen LogP contribution is 2.43. The molecule has 0 N–H and O–H groups in total. The molecule has 1 unspecified atom stereocenters. The first-order valence-electron chi connectivity index (χ1n) is 7.49. The molecule has 1 amide bonds. The van der Waals surface area contributed by atoms with Crippen molar-refractivity contribution in [1.82, 2.24) is 4.90 Å². The monoisotopic (exact) mass is 365 g/mol. The van der Waals surface area contributed by atoms with Gasteiger partial charge in [-0.15, -0.1) is 0 Å². The van der Waals surface area contributed by atoms with E-state index in [0.29, 0.717) is 34.5 Å². The van der Waals surface area contributed by atoms with Crippen LogP contribution < -0.4 is 9.47 Å². The summed E-state index contributed by atoms with van der Waals surface area (Å²) in [6.45, 7) is 0.578. The quantitative estimate of drug-likeness (QED) is 0.765. The molecule has 1 atom stereocenters. The number of methoxy groups -OCH3 is 2. The minimum absolute atomic E-state index is 0.262. The standard InChI is InChI=1S/C18H17Cl2NO3/c1-23-16-4-3-14-15(18(16)24-2)5-6-21(10-22)17(14)11-7-12(19)9-13(20)8-11/h3-4,7-10,17H,5-6H2,1-2H3. The fourth-order valence-electron chi connectivity index (χ4n) is 3.29. The van der Waals surface area contributed by atoms with Crippen molar-refractivity contribution in [3.8, 4) is 11.5 Å². The van der Waals surface area contributed by atoms with Gasteiger partial charge in [0.05, 0.1) is 20.3 Å². The second-order valence-corrected chi connectivity index (χ2v) is 6.44. The van der Waals surface area contributed by atoms with Crippen LogP contribution in [-0.4, -0.2) is 32.1 Å². The van der Waals surface area contributed by atoms with Crippen LogP contribution in [0.1, 0.15) is 22.7 Å². The molecule has 1 aliphatic rings. The van der Waals surface area contributed by atoms with Crippen molar-refractivity contribution >= 4 is 29.6 Å². The van der Waals surface area contributed by atoms with Crippen LogP contribution in [0.3, 0.4) is 0 Å². The topological polar surface area (TPSA) is 38.8 Å². The minimum Gasteiger partial charge on any atom is -0.493 e. The normalized spacial score (nSPS) is 16.5. The van der Waals surface area contributed by atoms with Crippen LogP contribution in [0.25, 0.3) is 0 Å². The fourth-order valence-corrected chi connectivity index (χ4v) is 3.83. The summed E-state index contributed by atoms with van der Waals surface area (Å²) in [5.41, 5.74) is 2.90. The highest BCUT2D eigenvalue weighted by Gasteiger charge is 2.31. The maximum absolute atomic E-state index is 11.6. The van der Waals surface area contributed by atoms with E-state index in [1.807, 2.05) is 24.3 Å². The molecule has 0 bridgehead atoms. The highest BCUT2D eigenvalue weighted by atomic mass is 35.5. The van der Waals surface area contributed by atoms with E-state index in [0.717, 1.165) is 23.1 Å². The van der Waals surface area contributed by atoms with Crippen molar-refractivity contribution in [2.75, 3.05) is 20.8 Å². The molecule has 0 radical (unpaired) electrons. The van der Waals surface area contributed by atoms with Gasteiger partial charge in [0.25, 0.3) is 0 Å². The van der Waals surface area contributed by atoms with E-state index >= 15 is 0 Å². The summed E-state index contributed by atoms with van der Waals surface area (Å²) in [5.74, 6) is 1.39. The van der Waals surface area contributed by atoms with Crippen LogP contribution in [-0.2, 0) is 11.2 Å². The molecule has 0 saturated carbocycles. The van der Waals surface area contributed by atoms with Crippen molar-refractivity contribution in [1.29, 1.82) is 0 Å². The Labute approximate surface area is 150 Å². The van der Waals surface area contributed by atoms with E-state index < -0.39 is 0 Å². The van der Waals surface area contributed by atoms with Gasteiger partial charge in [-0.25, -0.2) is 0 Å². The summed E-state index contributed by atoms with van der Waals surface area (Å²) in [7, 11) is 3.23. The Bertz CT molecular complexity index is 759. The molecule has 0 fully saturated rings. The molecule has 126 valence electrons. The lowest BCUT2D eigenvalue weighted by Gasteiger charge is -2.36. The second-order valence-electron chi connectivity index (χ2n) is 5.57. The number of hydrogen-bond acceptors (Lipinski definition) is 3. The number of hydrogen-bond donors (Lipinski definition) is 0. The molecule has 0 spiro atoms. The molecule has 24 heavy (non-hydrogen) atoms. The van der Waals surface area contributed by atoms with E-state index in [1.54, 1.807) is 25.2 Å². The third kappa shape index (κ3) is 2.92. The average Bonchev–Trinajstić information content (AvgIpc) is 2.58. The Hall–Kier alpha value is -1.91. The van der Waals surface area contributed by atoms with Gasteiger partial charge < -0.3 is 14.4 Å². The summed E-state index contributed by atoms with van der Waals surface area (Å²) in [6.07, 6.45) is 1.55. The summed E-state index contributed by atoms with van der Waals surface area (Å²) < 4.78 is 10.9. The lowest BCUT2D eigenvalue weighted by Crippen LogP contribution is -2.35. The predicted octanol–water partition coefficient (Wildman–Crippen LogP) is 4.11. The number of carbonyl (C=O) groups excluding carboxylic acids is 1. The van der Waals surface area contributed by atoms with Gasteiger partial charge in [-0.3, -0.25) is 4.79 Å². The van der Waals surface area contributed by atoms with Crippen LogP contribution in [0.15, 0.2) is 30.3 Å². The third-order valence-corrected chi connectivity index (χ3v) is 4.70. The predicted molar refractivity (Wildman–Crippen MR) is 94.3 cm³/mol. The summed E-state index contributed by atoms with van der Waals surface area (Å²) >= 11 is 12.3. The Morgan fingerprint density at radius 2 is 1.83 bits per heavy atom. The van der Waals surface area contributed by atoms with Crippen LogP contribution in [0, 0.1) is 0 Å². The molecule has 2 aromatic carbocycles. The van der Waals surface area contributed by atoms with E-state index in [2.05, 4.69) is 0 Å². The number of benzene rings is 2. The molecule has 6 heteroatoms. The molecule has 4 nitrogen and oxygen atoms in total. The molecule has 1 heterocycles. The van der Waals surface area contributed by atoms with Crippen LogP contribution in [0.4, 0.5) is 0 Å². The molecule has 0 saturated heterocycles. The first-order valence-corrected chi connectivity index (χ1v) is 8.25. The second kappa shape index (κ2) is 6.91. The third-order valence-electron chi connectivity index (χ3n) is 4.27. The smallest absolute Gasteiger partial charge is 0.210 e. The van der Waals surface area contributed by atoms with Crippen molar-refractivity contribution in [2.45, 2.75) is 12.5 Å². The van der Waals surface area contributed by atoms with E-state index in [4.69, 9.17) is 32.7 Å². The molecule has 2 aromatic rings. The Balaban J connectivity index is 2.20. The van der Waals surface area contributed by atoms with Crippen molar-refractivity contribution in [2.24, 2.45) is 0 Å². The molecule has 0 aliphatic carbocycles. The van der Waals surface area contributed by atoms with E-state index in [9.17, 15) is 4.79 Å². The number of halogens is 2. The zero-order valence-electron chi connectivity index (χ0n) is 13.4. The Kier molecular flexibility index (Phi) is 4.88. The molecule has 0 aromatic heterocycles. The van der Waals surface area contributed by atoms with Crippen molar-refractivity contribution in [3.63, 3.8) is 0 Å². The SMILES string of the molecule is COc1ccc2c(c1OC)CCN(C=O)C2c1cc(Cl)cc(Cl)c1. The summed E-state index contributed by atoms with van der Waals surface area (Å²) in [5, 5.41) is 1.08. The van der Waals surface area contributed by atoms with Gasteiger partial charge in [-0.1, -0.05) is 29.3 Å². The van der Waals surface area contributed by atoms with E-state index in [1.165, 1.54) is 0 Å². The molecule has 3 rings (SSSR count). The maximum atomic E-state index is 11.6. The van der Waals surface area contributed by atoms with Crippen LogP contribution >= 0.6 is 23.2 Å². The van der Waals surface area contributed by atoms with Crippen molar-refractivity contribution in [3.05, 3.63) is 57.1 Å². The van der Waals surface area contributed by atoms with Gasteiger partial charge in [0.1, 0.15) is 0 Å². The van der Waals surface area contributed by atoms with Gasteiger partial charge in [0.2, 0.25) is 6.41 Å². The Morgan fingerprint density at radius 1 is 1.12 bits per heavy atom. The molecule has 1 aliphatic heterocycles. The molecular weight excluding hydrogens is 349 g/mol. The average molecular weight is 366 g/mol. The summed E-state index contributed by atoms with van der Waals surface area (Å²) in [4.78, 5) is 13.4. The largest absolute Gasteiger partial charge is 0.493 e. The minimum atomic E-state index is -0.262. The van der Waals surface area contributed by atoms with Crippen LogP contribution in [0.2, 0.25) is 10.0 Å². The van der Waals surface area contributed by atoms with Gasteiger partial charge in [0, 0.05) is 22.2 Å². The maximum Gasteiger partial charge on any atom is 0.210 e. The highest BCUT2D eigenvalue weighted by molar-refractivity contribution is 6.34. The zero-order chi connectivity index (χ0) is 17.3. The number of ether oxygens (including phenoxy) is 2. The number of fused-ring (bicyclic) bond motifs is 1. The first-order chi connectivity index (χ1) is 11.6. The van der Waals surface area contributed by atoms with Crippen LogP contribution in [0.5, 0.6) is 11.5 Å². The number of amides is 1. The van der Waals surface area contributed by atoms with Gasteiger partial charge in [0.15, 0.2) is 11.5 Å². The summed E-state index contributed by atoms with van der Waals surface area (Å²) in [6, 6.07) is 8.90. The van der Waals surface area contributed by atoms with E-state index in [-0.39, 0.29) is 6.04 Å². The molecular formula is C18H17Cl2NO3. The van der Waals surface area contributed by atoms with Crippen molar-refractivity contribution < 1.29 is 14.3 Å². The lowest BCUT2D eigenvalue weighted by molar-refractivity contribution is -0.119. The van der Waals surface area contributed by atoms with Gasteiger partial charge in [-0.05, 0) is 41.8 Å².